The molecule has 0 heterocycles. The van der Waals surface area contributed by atoms with Crippen LogP contribution in [-0.4, -0.2) is 13.0 Å². The molecule has 0 radical (unpaired) electrons. The van der Waals surface area contributed by atoms with E-state index in [0.717, 1.165) is 15.7 Å². The summed E-state index contributed by atoms with van der Waals surface area (Å²) in [4.78, 5) is 13.8. The zero-order valence-corrected chi connectivity index (χ0v) is 12.6. The van der Waals surface area contributed by atoms with E-state index < -0.39 is 0 Å². The van der Waals surface area contributed by atoms with Crippen LogP contribution >= 0.6 is 15.9 Å². The Hall–Kier alpha value is -2.12. The number of hydrogen-bond acceptors (Lipinski definition) is 2. The van der Waals surface area contributed by atoms with E-state index in [0.29, 0.717) is 12.0 Å². The standard InChI is InChI=1S/C16H13BrN2O/c1-19(15-4-2-3-13(9-15)11-18)16(20)10-12-5-7-14(17)8-6-12/h2-9H,10H2,1H3. The number of benzene rings is 2. The Bertz CT molecular complexity index is 659. The summed E-state index contributed by atoms with van der Waals surface area (Å²) >= 11 is 3.37. The van der Waals surface area contributed by atoms with Gasteiger partial charge in [-0.2, -0.15) is 5.26 Å². The molecule has 2 rings (SSSR count). The van der Waals surface area contributed by atoms with Gasteiger partial charge in [0.15, 0.2) is 0 Å². The first-order valence-electron chi connectivity index (χ1n) is 6.11. The minimum absolute atomic E-state index is 0.0117. The fourth-order valence-corrected chi connectivity index (χ4v) is 2.09. The van der Waals surface area contributed by atoms with Gasteiger partial charge in [0.05, 0.1) is 18.1 Å². The van der Waals surface area contributed by atoms with Crippen LogP contribution in [0.1, 0.15) is 11.1 Å². The molecule has 0 unspecified atom stereocenters. The van der Waals surface area contributed by atoms with Gasteiger partial charge < -0.3 is 4.90 Å². The van der Waals surface area contributed by atoms with Crippen LogP contribution in [-0.2, 0) is 11.2 Å². The topological polar surface area (TPSA) is 44.1 Å². The summed E-state index contributed by atoms with van der Waals surface area (Å²) in [5, 5.41) is 8.89. The lowest BCUT2D eigenvalue weighted by Crippen LogP contribution is -2.27. The van der Waals surface area contributed by atoms with Crippen molar-refractivity contribution in [2.45, 2.75) is 6.42 Å². The molecule has 0 aliphatic rings. The summed E-state index contributed by atoms with van der Waals surface area (Å²) in [5.74, 6) is -0.0117. The van der Waals surface area contributed by atoms with Gasteiger partial charge in [0, 0.05) is 17.2 Å². The fraction of sp³-hybridized carbons (Fsp3) is 0.125. The SMILES string of the molecule is CN(C(=O)Cc1ccc(Br)cc1)c1cccc(C#N)c1. The number of carbonyl (C=O) groups excluding carboxylic acids is 1. The third-order valence-corrected chi connectivity index (χ3v) is 3.53. The zero-order valence-electron chi connectivity index (χ0n) is 11.0. The second-order valence-corrected chi connectivity index (χ2v) is 5.33. The van der Waals surface area contributed by atoms with Gasteiger partial charge in [-0.3, -0.25) is 4.79 Å². The average Bonchev–Trinajstić information content (AvgIpc) is 2.48. The lowest BCUT2D eigenvalue weighted by atomic mass is 10.1. The predicted octanol–water partition coefficient (Wildman–Crippen LogP) is 3.53. The van der Waals surface area contributed by atoms with Gasteiger partial charge >= 0.3 is 0 Å². The van der Waals surface area contributed by atoms with Crippen molar-refractivity contribution in [2.75, 3.05) is 11.9 Å². The van der Waals surface area contributed by atoms with Crippen molar-refractivity contribution in [3.05, 3.63) is 64.1 Å². The van der Waals surface area contributed by atoms with E-state index in [1.807, 2.05) is 30.3 Å². The Labute approximate surface area is 126 Å². The Morgan fingerprint density at radius 1 is 1.25 bits per heavy atom. The number of nitriles is 1. The van der Waals surface area contributed by atoms with Crippen molar-refractivity contribution < 1.29 is 4.79 Å². The minimum Gasteiger partial charge on any atom is -0.315 e. The van der Waals surface area contributed by atoms with Crippen molar-refractivity contribution in [2.24, 2.45) is 0 Å². The fourth-order valence-electron chi connectivity index (χ4n) is 1.82. The summed E-state index contributed by atoms with van der Waals surface area (Å²) < 4.78 is 0.990. The number of rotatable bonds is 3. The van der Waals surface area contributed by atoms with Crippen molar-refractivity contribution >= 4 is 27.5 Å². The lowest BCUT2D eigenvalue weighted by Gasteiger charge is -2.17. The molecule has 2 aromatic carbocycles. The normalized spacial score (nSPS) is 9.85. The van der Waals surface area contributed by atoms with Crippen molar-refractivity contribution in [1.82, 2.24) is 0 Å². The number of nitrogens with zero attached hydrogens (tertiary/aromatic N) is 2. The third-order valence-electron chi connectivity index (χ3n) is 3.01. The van der Waals surface area contributed by atoms with E-state index in [9.17, 15) is 4.79 Å². The summed E-state index contributed by atoms with van der Waals surface area (Å²) in [6.45, 7) is 0. The van der Waals surface area contributed by atoms with E-state index in [1.165, 1.54) is 0 Å². The molecule has 0 N–H and O–H groups in total. The first kappa shape index (κ1) is 14.3. The molecule has 20 heavy (non-hydrogen) atoms. The molecule has 2 aromatic rings. The van der Waals surface area contributed by atoms with Crippen LogP contribution in [0.4, 0.5) is 5.69 Å². The number of likely N-dealkylation sites (N-methyl/N-ethyl adjacent to an activating group) is 1. The molecular formula is C16H13BrN2O. The number of carbonyl (C=O) groups is 1. The summed E-state index contributed by atoms with van der Waals surface area (Å²) in [6, 6.07) is 16.8. The number of anilines is 1. The van der Waals surface area contributed by atoms with Crippen LogP contribution in [0.15, 0.2) is 53.0 Å². The summed E-state index contributed by atoms with van der Waals surface area (Å²) in [7, 11) is 1.72. The Morgan fingerprint density at radius 3 is 2.60 bits per heavy atom. The first-order valence-corrected chi connectivity index (χ1v) is 6.90. The molecule has 0 saturated carbocycles. The van der Waals surface area contributed by atoms with E-state index in [1.54, 1.807) is 30.1 Å². The predicted molar refractivity (Wildman–Crippen MR) is 82.4 cm³/mol. The Morgan fingerprint density at radius 2 is 1.95 bits per heavy atom. The third kappa shape index (κ3) is 3.46. The van der Waals surface area contributed by atoms with E-state index in [-0.39, 0.29) is 5.91 Å². The molecular weight excluding hydrogens is 316 g/mol. The number of halogens is 1. The molecule has 0 aromatic heterocycles. The van der Waals surface area contributed by atoms with E-state index in [2.05, 4.69) is 22.0 Å². The van der Waals surface area contributed by atoms with Crippen LogP contribution in [0, 0.1) is 11.3 Å². The highest BCUT2D eigenvalue weighted by molar-refractivity contribution is 9.10. The molecule has 0 fully saturated rings. The zero-order chi connectivity index (χ0) is 14.5. The summed E-state index contributed by atoms with van der Waals surface area (Å²) in [5.41, 5.74) is 2.23. The average molecular weight is 329 g/mol. The quantitative estimate of drug-likeness (QED) is 0.865. The first-order chi connectivity index (χ1) is 9.60. The molecule has 0 atom stereocenters. The molecule has 4 heteroatoms. The molecule has 0 bridgehead atoms. The molecule has 0 aliphatic carbocycles. The second-order valence-electron chi connectivity index (χ2n) is 4.42. The van der Waals surface area contributed by atoms with Gasteiger partial charge in [0.1, 0.15) is 0 Å². The van der Waals surface area contributed by atoms with Crippen molar-refractivity contribution in [1.29, 1.82) is 5.26 Å². The highest BCUT2D eigenvalue weighted by Crippen LogP contribution is 2.16. The van der Waals surface area contributed by atoms with Crippen LogP contribution in [0.2, 0.25) is 0 Å². The molecule has 100 valence electrons. The second kappa shape index (κ2) is 6.36. The van der Waals surface area contributed by atoms with Crippen LogP contribution in [0.5, 0.6) is 0 Å². The smallest absolute Gasteiger partial charge is 0.231 e. The van der Waals surface area contributed by atoms with Crippen molar-refractivity contribution in [3.63, 3.8) is 0 Å². The maximum absolute atomic E-state index is 12.2. The van der Waals surface area contributed by atoms with Crippen LogP contribution in [0.3, 0.4) is 0 Å². The van der Waals surface area contributed by atoms with Gasteiger partial charge in [-0.15, -0.1) is 0 Å². The van der Waals surface area contributed by atoms with E-state index >= 15 is 0 Å². The molecule has 3 nitrogen and oxygen atoms in total. The van der Waals surface area contributed by atoms with Gasteiger partial charge in [0.2, 0.25) is 5.91 Å². The molecule has 0 saturated heterocycles. The maximum Gasteiger partial charge on any atom is 0.231 e. The lowest BCUT2D eigenvalue weighted by molar-refractivity contribution is -0.117. The van der Waals surface area contributed by atoms with Crippen LogP contribution in [0.25, 0.3) is 0 Å². The van der Waals surface area contributed by atoms with E-state index in [4.69, 9.17) is 5.26 Å². The van der Waals surface area contributed by atoms with Crippen LogP contribution < -0.4 is 4.90 Å². The highest BCUT2D eigenvalue weighted by Gasteiger charge is 2.12. The van der Waals surface area contributed by atoms with Gasteiger partial charge in [-0.1, -0.05) is 34.1 Å². The Kier molecular flexibility index (Phi) is 4.54. The van der Waals surface area contributed by atoms with Gasteiger partial charge in [0.25, 0.3) is 0 Å². The monoisotopic (exact) mass is 328 g/mol. The molecule has 1 amide bonds. The Balaban J connectivity index is 2.12. The van der Waals surface area contributed by atoms with Gasteiger partial charge in [-0.25, -0.2) is 0 Å². The molecule has 0 spiro atoms. The van der Waals surface area contributed by atoms with Crippen molar-refractivity contribution in [3.8, 4) is 6.07 Å². The number of hydrogen-bond donors (Lipinski definition) is 0. The molecule has 0 aliphatic heterocycles. The summed E-state index contributed by atoms with van der Waals surface area (Å²) in [6.07, 6.45) is 0.334. The number of amides is 1. The maximum atomic E-state index is 12.2. The van der Waals surface area contributed by atoms with Gasteiger partial charge in [-0.05, 0) is 35.9 Å². The highest BCUT2D eigenvalue weighted by atomic mass is 79.9. The largest absolute Gasteiger partial charge is 0.315 e. The minimum atomic E-state index is -0.0117.